The number of hydrogen-bond donors (Lipinski definition) is 2. The molecule has 1 heterocycles. The molecule has 23 heavy (non-hydrogen) atoms. The summed E-state index contributed by atoms with van der Waals surface area (Å²) in [5.41, 5.74) is 1.23. The van der Waals surface area contributed by atoms with Gasteiger partial charge in [-0.25, -0.2) is 0 Å². The van der Waals surface area contributed by atoms with Crippen LogP contribution >= 0.6 is 37.4 Å². The molecule has 1 aliphatic rings. The van der Waals surface area contributed by atoms with Gasteiger partial charge in [0, 0.05) is 38.0 Å². The van der Waals surface area contributed by atoms with E-state index in [1.807, 2.05) is 18.2 Å². The number of piperazine rings is 1. The molecule has 0 radical (unpaired) electrons. The van der Waals surface area contributed by atoms with Crippen molar-refractivity contribution in [2.45, 2.75) is 12.5 Å². The normalized spacial score (nSPS) is 16.8. The number of benzene rings is 1. The lowest BCUT2D eigenvalue weighted by Gasteiger charge is -2.32. The third kappa shape index (κ3) is 8.27. The monoisotopic (exact) mass is 379 g/mol. The third-order valence-electron chi connectivity index (χ3n) is 3.87. The van der Waals surface area contributed by atoms with Gasteiger partial charge >= 0.3 is 0 Å². The van der Waals surface area contributed by atoms with E-state index in [2.05, 4.69) is 46.9 Å². The van der Waals surface area contributed by atoms with E-state index in [9.17, 15) is 4.79 Å². The summed E-state index contributed by atoms with van der Waals surface area (Å²) >= 11 is 4.36. The molecular weight excluding hydrogens is 353 g/mol. The molecule has 0 aromatic heterocycles. The van der Waals surface area contributed by atoms with Gasteiger partial charge in [0.1, 0.15) is 0 Å². The number of halogens is 2. The fraction of sp³-hybridized carbons (Fsp3) is 0.562. The van der Waals surface area contributed by atoms with Crippen molar-refractivity contribution < 1.29 is 4.79 Å². The Morgan fingerprint density at radius 2 is 1.78 bits per heavy atom. The maximum Gasteiger partial charge on any atom is 0.234 e. The van der Waals surface area contributed by atoms with E-state index in [4.69, 9.17) is 0 Å². The van der Waals surface area contributed by atoms with Crippen LogP contribution in [0.4, 0.5) is 0 Å². The maximum absolute atomic E-state index is 12.2. The summed E-state index contributed by atoms with van der Waals surface area (Å²) in [6, 6.07) is 10.3. The molecule has 1 atom stereocenters. The van der Waals surface area contributed by atoms with Gasteiger partial charge in [-0.2, -0.15) is 12.6 Å². The van der Waals surface area contributed by atoms with Gasteiger partial charge in [-0.3, -0.25) is 9.69 Å². The molecule has 0 saturated carbocycles. The van der Waals surface area contributed by atoms with Gasteiger partial charge < -0.3 is 10.2 Å². The zero-order valence-corrected chi connectivity index (χ0v) is 16.0. The van der Waals surface area contributed by atoms with Crippen molar-refractivity contribution in [3.63, 3.8) is 0 Å². The van der Waals surface area contributed by atoms with Crippen LogP contribution in [0.15, 0.2) is 30.3 Å². The molecule has 4 nitrogen and oxygen atoms in total. The Morgan fingerprint density at radius 3 is 2.35 bits per heavy atom. The predicted molar refractivity (Wildman–Crippen MR) is 104 cm³/mol. The molecule has 1 amide bonds. The SMILES string of the molecule is CN1CCN(CC(=O)NC(CS)Cc2ccccc2)CC1.Cl.Cl. The molecule has 1 saturated heterocycles. The Balaban J connectivity index is 0.00000242. The molecule has 1 aromatic carbocycles. The van der Waals surface area contributed by atoms with Gasteiger partial charge in [-0.1, -0.05) is 30.3 Å². The van der Waals surface area contributed by atoms with Crippen LogP contribution in [0, 0.1) is 0 Å². The predicted octanol–water partition coefficient (Wildman–Crippen LogP) is 1.73. The smallest absolute Gasteiger partial charge is 0.234 e. The molecule has 132 valence electrons. The number of carbonyl (C=O) groups excluding carboxylic acids is 1. The van der Waals surface area contributed by atoms with E-state index in [0.717, 1.165) is 32.6 Å². The molecular formula is C16H27Cl2N3OS. The first kappa shape index (κ1) is 22.5. The van der Waals surface area contributed by atoms with Gasteiger partial charge in [0.15, 0.2) is 0 Å². The quantitative estimate of drug-likeness (QED) is 0.738. The van der Waals surface area contributed by atoms with Crippen molar-refractivity contribution >= 4 is 43.4 Å². The van der Waals surface area contributed by atoms with Crippen LogP contribution < -0.4 is 5.32 Å². The van der Waals surface area contributed by atoms with Crippen LogP contribution in [0.25, 0.3) is 0 Å². The first-order chi connectivity index (χ1) is 10.2. The standard InChI is InChI=1S/C16H25N3OS.2ClH/c1-18-7-9-19(10-8-18)12-16(20)17-15(13-21)11-14-5-3-2-4-6-14;;/h2-6,15,21H,7-13H2,1H3,(H,17,20);2*1H. The number of hydrogen-bond acceptors (Lipinski definition) is 4. The lowest BCUT2D eigenvalue weighted by Crippen LogP contribution is -2.50. The molecule has 1 fully saturated rings. The van der Waals surface area contributed by atoms with Gasteiger partial charge in [-0.05, 0) is 19.0 Å². The highest BCUT2D eigenvalue weighted by molar-refractivity contribution is 7.80. The Hall–Kier alpha value is -0.460. The number of nitrogens with zero attached hydrogens (tertiary/aromatic N) is 2. The van der Waals surface area contributed by atoms with Gasteiger partial charge in [-0.15, -0.1) is 24.8 Å². The summed E-state index contributed by atoms with van der Waals surface area (Å²) in [4.78, 5) is 16.7. The second-order valence-electron chi connectivity index (χ2n) is 5.72. The van der Waals surface area contributed by atoms with Crippen molar-refractivity contribution in [1.29, 1.82) is 0 Å². The molecule has 1 N–H and O–H groups in total. The zero-order chi connectivity index (χ0) is 15.1. The number of nitrogens with one attached hydrogen (secondary N) is 1. The summed E-state index contributed by atoms with van der Waals surface area (Å²) in [7, 11) is 2.12. The number of likely N-dealkylation sites (N-methyl/N-ethyl adjacent to an activating group) is 1. The lowest BCUT2D eigenvalue weighted by molar-refractivity contribution is -0.123. The fourth-order valence-electron chi connectivity index (χ4n) is 2.54. The Labute approximate surface area is 157 Å². The van der Waals surface area contributed by atoms with Crippen LogP contribution in [0.3, 0.4) is 0 Å². The minimum absolute atomic E-state index is 0. The van der Waals surface area contributed by atoms with E-state index in [0.29, 0.717) is 12.3 Å². The van der Waals surface area contributed by atoms with Crippen molar-refractivity contribution in [3.8, 4) is 0 Å². The zero-order valence-electron chi connectivity index (χ0n) is 13.5. The Morgan fingerprint density at radius 1 is 1.17 bits per heavy atom. The minimum atomic E-state index is 0. The third-order valence-corrected chi connectivity index (χ3v) is 4.31. The number of rotatable bonds is 6. The molecule has 1 aliphatic heterocycles. The highest BCUT2D eigenvalue weighted by Crippen LogP contribution is 2.05. The van der Waals surface area contributed by atoms with Gasteiger partial charge in [0.2, 0.25) is 5.91 Å². The van der Waals surface area contributed by atoms with Crippen LogP contribution in [0.5, 0.6) is 0 Å². The van der Waals surface area contributed by atoms with E-state index >= 15 is 0 Å². The summed E-state index contributed by atoms with van der Waals surface area (Å²) < 4.78 is 0. The molecule has 2 rings (SSSR count). The molecule has 7 heteroatoms. The van der Waals surface area contributed by atoms with Crippen molar-refractivity contribution in [3.05, 3.63) is 35.9 Å². The molecule has 0 bridgehead atoms. The summed E-state index contributed by atoms with van der Waals surface area (Å²) in [6.07, 6.45) is 0.832. The fourth-order valence-corrected chi connectivity index (χ4v) is 2.76. The molecule has 1 unspecified atom stereocenters. The Kier molecular flexibility index (Phi) is 11.7. The molecule has 0 spiro atoms. The van der Waals surface area contributed by atoms with E-state index in [1.54, 1.807) is 0 Å². The second kappa shape index (κ2) is 12.0. The number of carbonyl (C=O) groups is 1. The van der Waals surface area contributed by atoms with Crippen molar-refractivity contribution in [2.24, 2.45) is 0 Å². The average molecular weight is 380 g/mol. The van der Waals surface area contributed by atoms with E-state index < -0.39 is 0 Å². The number of thiol groups is 1. The van der Waals surface area contributed by atoms with E-state index in [1.165, 1.54) is 5.56 Å². The summed E-state index contributed by atoms with van der Waals surface area (Å²) in [5, 5.41) is 3.10. The second-order valence-corrected chi connectivity index (χ2v) is 6.08. The first-order valence-corrected chi connectivity index (χ1v) is 8.15. The van der Waals surface area contributed by atoms with Gasteiger partial charge in [0.05, 0.1) is 6.54 Å². The van der Waals surface area contributed by atoms with E-state index in [-0.39, 0.29) is 36.8 Å². The maximum atomic E-state index is 12.2. The average Bonchev–Trinajstić information content (AvgIpc) is 2.50. The highest BCUT2D eigenvalue weighted by atomic mass is 35.5. The van der Waals surface area contributed by atoms with Crippen molar-refractivity contribution in [2.75, 3.05) is 45.5 Å². The minimum Gasteiger partial charge on any atom is -0.351 e. The molecule has 1 aromatic rings. The Bertz CT molecular complexity index is 442. The van der Waals surface area contributed by atoms with Crippen molar-refractivity contribution in [1.82, 2.24) is 15.1 Å². The molecule has 0 aliphatic carbocycles. The van der Waals surface area contributed by atoms with Crippen LogP contribution in [-0.4, -0.2) is 67.3 Å². The van der Waals surface area contributed by atoms with Crippen LogP contribution in [0.1, 0.15) is 5.56 Å². The number of amides is 1. The highest BCUT2D eigenvalue weighted by Gasteiger charge is 2.18. The topological polar surface area (TPSA) is 35.6 Å². The van der Waals surface area contributed by atoms with Crippen LogP contribution in [0.2, 0.25) is 0 Å². The summed E-state index contributed by atoms with van der Waals surface area (Å²) in [6.45, 7) is 4.50. The lowest BCUT2D eigenvalue weighted by atomic mass is 10.1. The summed E-state index contributed by atoms with van der Waals surface area (Å²) in [5.74, 6) is 0.762. The first-order valence-electron chi connectivity index (χ1n) is 7.52. The van der Waals surface area contributed by atoms with Crippen LogP contribution in [-0.2, 0) is 11.2 Å². The largest absolute Gasteiger partial charge is 0.351 e. The van der Waals surface area contributed by atoms with Gasteiger partial charge in [0.25, 0.3) is 0 Å².